The Bertz CT molecular complexity index is 860. The van der Waals surface area contributed by atoms with E-state index < -0.39 is 0 Å². The minimum atomic E-state index is 0.398. The first-order valence-corrected chi connectivity index (χ1v) is 9.54. The van der Waals surface area contributed by atoms with Gasteiger partial charge in [-0.05, 0) is 61.2 Å². The van der Waals surface area contributed by atoms with Crippen molar-refractivity contribution < 1.29 is 0 Å². The number of hydrogen-bond donors (Lipinski definition) is 1. The lowest BCUT2D eigenvalue weighted by atomic mass is 10.00. The molecule has 1 atom stereocenters. The molecule has 25 heavy (non-hydrogen) atoms. The van der Waals surface area contributed by atoms with E-state index in [2.05, 4.69) is 48.9 Å². The first kappa shape index (κ1) is 15.1. The largest absolute Gasteiger partial charge is 0.361 e. The topological polar surface area (TPSA) is 49.7 Å². The molecule has 1 aliphatic carbocycles. The van der Waals surface area contributed by atoms with Crippen molar-refractivity contribution in [2.45, 2.75) is 51.2 Å². The second-order valence-corrected chi connectivity index (χ2v) is 7.67. The van der Waals surface area contributed by atoms with Gasteiger partial charge < -0.3 is 9.55 Å². The minimum Gasteiger partial charge on any atom is -0.361 e. The summed E-state index contributed by atoms with van der Waals surface area (Å²) in [6, 6.07) is 9.29. The summed E-state index contributed by atoms with van der Waals surface area (Å²) in [7, 11) is 0. The fourth-order valence-corrected chi connectivity index (χ4v) is 4.14. The van der Waals surface area contributed by atoms with E-state index >= 15 is 0 Å². The van der Waals surface area contributed by atoms with E-state index in [1.807, 2.05) is 12.5 Å². The molecule has 1 N–H and O–H groups in total. The Balaban J connectivity index is 1.39. The zero-order chi connectivity index (χ0) is 16.6. The van der Waals surface area contributed by atoms with E-state index in [1.54, 1.807) is 0 Å². The third kappa shape index (κ3) is 3.09. The number of rotatable bonds is 5. The van der Waals surface area contributed by atoms with Gasteiger partial charge in [0.05, 0.1) is 6.04 Å². The maximum atomic E-state index is 4.52. The predicted molar refractivity (Wildman–Crippen MR) is 98.0 cm³/mol. The molecular weight excluding hydrogens is 310 g/mol. The van der Waals surface area contributed by atoms with Gasteiger partial charge in [0.15, 0.2) is 0 Å². The number of fused-ring (bicyclic) bond motifs is 1. The highest BCUT2D eigenvalue weighted by molar-refractivity contribution is 5.79. The van der Waals surface area contributed by atoms with Crippen LogP contribution in [0.4, 0.5) is 0 Å². The van der Waals surface area contributed by atoms with Crippen LogP contribution in [0.15, 0.2) is 36.8 Å². The normalized spacial score (nSPS) is 21.8. The lowest BCUT2D eigenvalue weighted by Gasteiger charge is -2.35. The average molecular weight is 335 g/mol. The van der Waals surface area contributed by atoms with Gasteiger partial charge in [-0.15, -0.1) is 10.2 Å². The Morgan fingerprint density at radius 2 is 2.08 bits per heavy atom. The van der Waals surface area contributed by atoms with Crippen LogP contribution in [0.2, 0.25) is 0 Å². The van der Waals surface area contributed by atoms with Crippen LogP contribution in [0, 0.1) is 5.92 Å². The van der Waals surface area contributed by atoms with E-state index in [1.165, 1.54) is 54.4 Å². The number of benzene rings is 1. The minimum absolute atomic E-state index is 0.398. The fourth-order valence-electron chi connectivity index (χ4n) is 4.14. The van der Waals surface area contributed by atoms with Gasteiger partial charge in [-0.1, -0.05) is 18.6 Å². The van der Waals surface area contributed by atoms with Crippen LogP contribution >= 0.6 is 0 Å². The summed E-state index contributed by atoms with van der Waals surface area (Å²) >= 11 is 0. The van der Waals surface area contributed by atoms with Crippen molar-refractivity contribution in [1.29, 1.82) is 0 Å². The van der Waals surface area contributed by atoms with Gasteiger partial charge in [0.2, 0.25) is 0 Å². The van der Waals surface area contributed by atoms with Crippen molar-refractivity contribution in [3.8, 4) is 0 Å². The second-order valence-electron chi connectivity index (χ2n) is 7.67. The maximum absolute atomic E-state index is 4.52. The zero-order valence-corrected chi connectivity index (χ0v) is 14.6. The Kier molecular flexibility index (Phi) is 3.82. The van der Waals surface area contributed by atoms with Gasteiger partial charge in [-0.25, -0.2) is 0 Å². The number of nitrogens with one attached hydrogen (secondary N) is 1. The van der Waals surface area contributed by atoms with Crippen LogP contribution in [-0.4, -0.2) is 31.2 Å². The molecule has 1 aromatic carbocycles. The molecule has 1 aliphatic heterocycles. The van der Waals surface area contributed by atoms with Gasteiger partial charge in [-0.2, -0.15) is 0 Å². The van der Waals surface area contributed by atoms with Gasteiger partial charge in [-0.3, -0.25) is 4.90 Å². The molecule has 0 amide bonds. The lowest BCUT2D eigenvalue weighted by Crippen LogP contribution is -2.34. The molecule has 5 heteroatoms. The van der Waals surface area contributed by atoms with Crippen molar-refractivity contribution in [3.63, 3.8) is 0 Å². The number of hydrogen-bond acceptors (Lipinski definition) is 3. The second kappa shape index (κ2) is 6.30. The monoisotopic (exact) mass is 335 g/mol. The Labute approximate surface area is 148 Å². The molecule has 5 rings (SSSR count). The molecule has 0 radical (unpaired) electrons. The van der Waals surface area contributed by atoms with Crippen molar-refractivity contribution in [2.24, 2.45) is 5.92 Å². The predicted octanol–water partition coefficient (Wildman–Crippen LogP) is 3.90. The molecule has 1 saturated heterocycles. The Morgan fingerprint density at radius 3 is 3.00 bits per heavy atom. The van der Waals surface area contributed by atoms with E-state index in [-0.39, 0.29) is 0 Å². The standard InChI is InChI=1S/C20H25N5/c1-2-10-24(13-16-6-7-17-8-9-21-18(17)11-16)19(3-1)20-23-22-14-25(20)12-15-4-5-15/h6-9,11,14-15,19,21H,1-5,10,12-13H2/t19-/m0/s1. The fraction of sp³-hybridized carbons (Fsp3) is 0.500. The van der Waals surface area contributed by atoms with E-state index in [9.17, 15) is 0 Å². The van der Waals surface area contributed by atoms with E-state index in [4.69, 9.17) is 0 Å². The Hall–Kier alpha value is -2.14. The summed E-state index contributed by atoms with van der Waals surface area (Å²) in [5, 5.41) is 10.0. The summed E-state index contributed by atoms with van der Waals surface area (Å²) in [4.78, 5) is 5.93. The zero-order valence-electron chi connectivity index (χ0n) is 14.6. The first-order chi connectivity index (χ1) is 12.4. The molecule has 2 aromatic heterocycles. The third-order valence-corrected chi connectivity index (χ3v) is 5.71. The lowest BCUT2D eigenvalue weighted by molar-refractivity contribution is 0.130. The number of likely N-dealkylation sites (tertiary alicyclic amines) is 1. The highest BCUT2D eigenvalue weighted by Gasteiger charge is 2.30. The molecule has 0 unspecified atom stereocenters. The van der Waals surface area contributed by atoms with E-state index in [0.29, 0.717) is 6.04 Å². The molecule has 3 aromatic rings. The van der Waals surface area contributed by atoms with Crippen LogP contribution in [-0.2, 0) is 13.1 Å². The summed E-state index contributed by atoms with van der Waals surface area (Å²) in [5.41, 5.74) is 2.60. The van der Waals surface area contributed by atoms with Crippen molar-refractivity contribution in [1.82, 2.24) is 24.6 Å². The van der Waals surface area contributed by atoms with Crippen LogP contribution in [0.3, 0.4) is 0 Å². The summed E-state index contributed by atoms with van der Waals surface area (Å²) in [6.45, 7) is 3.22. The van der Waals surface area contributed by atoms with Crippen LogP contribution < -0.4 is 0 Å². The number of aromatic nitrogens is 4. The molecule has 3 heterocycles. The van der Waals surface area contributed by atoms with Crippen molar-refractivity contribution in [2.75, 3.05) is 6.54 Å². The smallest absolute Gasteiger partial charge is 0.150 e. The highest BCUT2D eigenvalue weighted by Crippen LogP contribution is 2.34. The van der Waals surface area contributed by atoms with Crippen molar-refractivity contribution in [3.05, 3.63) is 48.2 Å². The van der Waals surface area contributed by atoms with Crippen LogP contribution in [0.1, 0.15) is 49.5 Å². The molecule has 0 bridgehead atoms. The molecular formula is C20H25N5. The summed E-state index contributed by atoms with van der Waals surface area (Å²) < 4.78 is 2.31. The number of H-pyrrole nitrogens is 1. The van der Waals surface area contributed by atoms with Crippen molar-refractivity contribution >= 4 is 10.9 Å². The van der Waals surface area contributed by atoms with E-state index in [0.717, 1.165) is 25.6 Å². The molecule has 0 spiro atoms. The van der Waals surface area contributed by atoms with Crippen LogP contribution in [0.25, 0.3) is 10.9 Å². The molecule has 130 valence electrons. The average Bonchev–Trinajstić information content (AvgIpc) is 3.14. The number of aromatic amines is 1. The van der Waals surface area contributed by atoms with Crippen LogP contribution in [0.5, 0.6) is 0 Å². The summed E-state index contributed by atoms with van der Waals surface area (Å²) in [6.07, 6.45) is 10.4. The summed E-state index contributed by atoms with van der Waals surface area (Å²) in [5.74, 6) is 2.02. The van der Waals surface area contributed by atoms with Gasteiger partial charge in [0.25, 0.3) is 0 Å². The quantitative estimate of drug-likeness (QED) is 0.769. The molecule has 5 nitrogen and oxygen atoms in total. The molecule has 2 aliphatic rings. The Morgan fingerprint density at radius 1 is 1.12 bits per heavy atom. The third-order valence-electron chi connectivity index (χ3n) is 5.71. The SMILES string of the molecule is c1cc2ccc(CN3CCCC[C@H]3c3nncn3CC3CC3)cc2[nH]1. The van der Waals surface area contributed by atoms with Gasteiger partial charge >= 0.3 is 0 Å². The number of nitrogens with zero attached hydrogens (tertiary/aromatic N) is 4. The van der Waals surface area contributed by atoms with Gasteiger partial charge in [0.1, 0.15) is 12.2 Å². The molecule has 1 saturated carbocycles. The first-order valence-electron chi connectivity index (χ1n) is 9.54. The maximum Gasteiger partial charge on any atom is 0.150 e. The number of piperidine rings is 1. The van der Waals surface area contributed by atoms with Gasteiger partial charge in [0, 0.05) is 24.8 Å². The molecule has 2 fully saturated rings. The highest BCUT2D eigenvalue weighted by atomic mass is 15.3.